The highest BCUT2D eigenvalue weighted by molar-refractivity contribution is 7.89. The Kier molecular flexibility index (Phi) is 3.74. The van der Waals surface area contributed by atoms with Gasteiger partial charge in [0.05, 0.1) is 11.9 Å². The third-order valence-electron chi connectivity index (χ3n) is 3.55. The van der Waals surface area contributed by atoms with E-state index in [-0.39, 0.29) is 17.0 Å². The van der Waals surface area contributed by atoms with Gasteiger partial charge in [0.1, 0.15) is 4.90 Å². The van der Waals surface area contributed by atoms with Crippen molar-refractivity contribution in [2.24, 2.45) is 7.05 Å². The highest BCUT2D eigenvalue weighted by Crippen LogP contribution is 2.16. The van der Waals surface area contributed by atoms with Crippen molar-refractivity contribution >= 4 is 10.0 Å². The number of aryl methyl sites for hydroxylation is 1. The van der Waals surface area contributed by atoms with Gasteiger partial charge in [-0.15, -0.1) is 0 Å². The average molecular weight is 272 g/mol. The van der Waals surface area contributed by atoms with Crippen LogP contribution >= 0.6 is 0 Å². The minimum absolute atomic E-state index is 0.0524. The molecule has 2 N–H and O–H groups in total. The van der Waals surface area contributed by atoms with Crippen molar-refractivity contribution in [3.8, 4) is 0 Å². The molecule has 1 aromatic heterocycles. The first-order valence-corrected chi connectivity index (χ1v) is 7.64. The molecule has 18 heavy (non-hydrogen) atoms. The molecule has 2 atom stereocenters. The van der Waals surface area contributed by atoms with E-state index in [1.165, 1.54) is 6.20 Å². The molecule has 0 aromatic carbocycles. The monoisotopic (exact) mass is 272 g/mol. The maximum absolute atomic E-state index is 12.3. The zero-order valence-corrected chi connectivity index (χ0v) is 11.8. The number of aromatic nitrogens is 2. The maximum Gasteiger partial charge on any atom is 0.244 e. The molecule has 0 spiro atoms. The molecule has 0 amide bonds. The molecule has 102 valence electrons. The molecule has 0 saturated carbocycles. The number of hydrogen-bond donors (Lipinski definition) is 2. The molecule has 1 aliphatic rings. The smallest absolute Gasteiger partial charge is 0.244 e. The van der Waals surface area contributed by atoms with E-state index in [1.807, 2.05) is 6.92 Å². The molecular weight excluding hydrogens is 252 g/mol. The second-order valence-electron chi connectivity index (χ2n) is 4.83. The van der Waals surface area contributed by atoms with Crippen LogP contribution in [-0.2, 0) is 17.1 Å². The normalized spacial score (nSPS) is 25.3. The van der Waals surface area contributed by atoms with Crippen molar-refractivity contribution in [1.82, 2.24) is 19.8 Å². The van der Waals surface area contributed by atoms with Crippen LogP contribution in [0.15, 0.2) is 11.1 Å². The number of hydrogen-bond acceptors (Lipinski definition) is 4. The maximum atomic E-state index is 12.3. The molecule has 2 rings (SSSR count). The number of sulfonamides is 1. The second kappa shape index (κ2) is 4.99. The van der Waals surface area contributed by atoms with Gasteiger partial charge in [0.15, 0.2) is 0 Å². The van der Waals surface area contributed by atoms with Gasteiger partial charge in [-0.05, 0) is 33.2 Å². The van der Waals surface area contributed by atoms with E-state index in [2.05, 4.69) is 15.1 Å². The van der Waals surface area contributed by atoms with Gasteiger partial charge < -0.3 is 5.32 Å². The van der Waals surface area contributed by atoms with Crippen molar-refractivity contribution in [1.29, 1.82) is 0 Å². The minimum atomic E-state index is -3.48. The third kappa shape index (κ3) is 2.57. The minimum Gasteiger partial charge on any atom is -0.313 e. The summed E-state index contributed by atoms with van der Waals surface area (Å²) >= 11 is 0. The SMILES string of the molecule is Cc1c(S(=O)(=O)NC2CCCNC2C)cnn1C. The second-order valence-corrected chi connectivity index (χ2v) is 6.51. The van der Waals surface area contributed by atoms with Crippen LogP contribution in [0.4, 0.5) is 0 Å². The van der Waals surface area contributed by atoms with Gasteiger partial charge in [-0.3, -0.25) is 4.68 Å². The van der Waals surface area contributed by atoms with Crippen molar-refractivity contribution < 1.29 is 8.42 Å². The highest BCUT2D eigenvalue weighted by atomic mass is 32.2. The number of nitrogens with zero attached hydrogens (tertiary/aromatic N) is 2. The molecule has 1 aliphatic heterocycles. The van der Waals surface area contributed by atoms with Crippen LogP contribution in [0.25, 0.3) is 0 Å². The van der Waals surface area contributed by atoms with E-state index in [1.54, 1.807) is 18.7 Å². The van der Waals surface area contributed by atoms with E-state index in [0.29, 0.717) is 5.69 Å². The topological polar surface area (TPSA) is 76.0 Å². The number of rotatable bonds is 3. The lowest BCUT2D eigenvalue weighted by Crippen LogP contribution is -2.51. The largest absolute Gasteiger partial charge is 0.313 e. The van der Waals surface area contributed by atoms with Gasteiger partial charge in [0.25, 0.3) is 0 Å². The Morgan fingerprint density at radius 3 is 2.83 bits per heavy atom. The van der Waals surface area contributed by atoms with E-state index < -0.39 is 10.0 Å². The first-order valence-electron chi connectivity index (χ1n) is 6.16. The summed E-state index contributed by atoms with van der Waals surface area (Å²) in [6.07, 6.45) is 3.26. The lowest BCUT2D eigenvalue weighted by molar-refractivity contribution is 0.348. The molecule has 1 fully saturated rings. The molecule has 2 unspecified atom stereocenters. The van der Waals surface area contributed by atoms with Crippen LogP contribution in [0.2, 0.25) is 0 Å². The van der Waals surface area contributed by atoms with E-state index in [0.717, 1.165) is 19.4 Å². The summed E-state index contributed by atoms with van der Waals surface area (Å²) in [6.45, 7) is 4.71. The zero-order chi connectivity index (χ0) is 13.3. The summed E-state index contributed by atoms with van der Waals surface area (Å²) in [5.41, 5.74) is 0.652. The molecule has 1 saturated heterocycles. The van der Waals surface area contributed by atoms with Gasteiger partial charge in [-0.25, -0.2) is 13.1 Å². The molecule has 6 nitrogen and oxygen atoms in total. The average Bonchev–Trinajstić information content (AvgIpc) is 2.63. The van der Waals surface area contributed by atoms with Crippen molar-refractivity contribution in [2.75, 3.05) is 6.54 Å². The van der Waals surface area contributed by atoms with Crippen LogP contribution in [0.1, 0.15) is 25.5 Å². The van der Waals surface area contributed by atoms with Crippen LogP contribution in [-0.4, -0.2) is 36.8 Å². The van der Waals surface area contributed by atoms with Crippen LogP contribution in [0.5, 0.6) is 0 Å². The van der Waals surface area contributed by atoms with Crippen molar-refractivity contribution in [2.45, 2.75) is 43.7 Å². The zero-order valence-electron chi connectivity index (χ0n) is 11.0. The Bertz CT molecular complexity index is 523. The lowest BCUT2D eigenvalue weighted by Gasteiger charge is -2.30. The number of piperidine rings is 1. The van der Waals surface area contributed by atoms with E-state index in [9.17, 15) is 8.42 Å². The Balaban J connectivity index is 2.19. The molecule has 0 aliphatic carbocycles. The Hall–Kier alpha value is -0.920. The summed E-state index contributed by atoms with van der Waals surface area (Å²) in [5, 5.41) is 7.25. The van der Waals surface area contributed by atoms with Crippen LogP contribution in [0, 0.1) is 6.92 Å². The Morgan fingerprint density at radius 1 is 1.56 bits per heavy atom. The first kappa shape index (κ1) is 13.5. The molecule has 0 radical (unpaired) electrons. The van der Waals surface area contributed by atoms with Crippen molar-refractivity contribution in [3.63, 3.8) is 0 Å². The third-order valence-corrected chi connectivity index (χ3v) is 5.14. The molecule has 2 heterocycles. The lowest BCUT2D eigenvalue weighted by atomic mass is 10.0. The summed E-state index contributed by atoms with van der Waals surface area (Å²) < 4.78 is 28.9. The molecule has 7 heteroatoms. The fourth-order valence-electron chi connectivity index (χ4n) is 2.21. The van der Waals surface area contributed by atoms with Gasteiger partial charge >= 0.3 is 0 Å². The first-order chi connectivity index (χ1) is 8.42. The van der Waals surface area contributed by atoms with Crippen molar-refractivity contribution in [3.05, 3.63) is 11.9 Å². The van der Waals surface area contributed by atoms with Gasteiger partial charge in [0, 0.05) is 19.1 Å². The predicted molar refractivity (Wildman–Crippen MR) is 68.8 cm³/mol. The summed E-state index contributed by atoms with van der Waals surface area (Å²) in [4.78, 5) is 0.266. The summed E-state index contributed by atoms with van der Waals surface area (Å²) in [6, 6.07) is 0.105. The van der Waals surface area contributed by atoms with Gasteiger partial charge in [-0.1, -0.05) is 0 Å². The molecule has 0 bridgehead atoms. The number of nitrogens with one attached hydrogen (secondary N) is 2. The van der Waals surface area contributed by atoms with E-state index in [4.69, 9.17) is 0 Å². The summed E-state index contributed by atoms with van der Waals surface area (Å²) in [5.74, 6) is 0. The Labute approximate surface area is 108 Å². The fraction of sp³-hybridized carbons (Fsp3) is 0.727. The van der Waals surface area contributed by atoms with Crippen LogP contribution < -0.4 is 10.0 Å². The molecule has 1 aromatic rings. The Morgan fingerprint density at radius 2 is 2.28 bits per heavy atom. The van der Waals surface area contributed by atoms with E-state index >= 15 is 0 Å². The fourth-order valence-corrected chi connectivity index (χ4v) is 3.76. The predicted octanol–water partition coefficient (Wildman–Crippen LogP) is 0.147. The highest BCUT2D eigenvalue weighted by Gasteiger charge is 2.28. The molecular formula is C11H20N4O2S. The van der Waals surface area contributed by atoms with Gasteiger partial charge in [0.2, 0.25) is 10.0 Å². The quantitative estimate of drug-likeness (QED) is 0.821. The standard InChI is InChI=1S/C11H20N4O2S/c1-8-10(5-4-6-12-8)14-18(16,17)11-7-13-15(3)9(11)2/h7-8,10,12,14H,4-6H2,1-3H3. The van der Waals surface area contributed by atoms with Crippen LogP contribution in [0.3, 0.4) is 0 Å². The summed E-state index contributed by atoms with van der Waals surface area (Å²) in [7, 11) is -1.74. The van der Waals surface area contributed by atoms with Gasteiger partial charge in [-0.2, -0.15) is 5.10 Å².